The minimum atomic E-state index is 0. The molecule has 0 spiro atoms. The van der Waals surface area contributed by atoms with Gasteiger partial charge in [0, 0.05) is 0 Å². The fraction of sp³-hybridized carbons (Fsp3) is 0.333. The molecule has 0 aliphatic rings. The average Bonchev–Trinajstić information content (AvgIpc) is 2.03. The largest absolute Gasteiger partial charge is 0.508 e. The fourth-order valence-electron chi connectivity index (χ4n) is 0.967. The Morgan fingerprint density at radius 2 is 2.17 bits per heavy atom. The van der Waals surface area contributed by atoms with E-state index in [0.717, 1.165) is 5.56 Å². The number of rotatable bonds is 2. The summed E-state index contributed by atoms with van der Waals surface area (Å²) in [5.41, 5.74) is 6.56. The molecule has 3 heteroatoms. The van der Waals surface area contributed by atoms with Crippen LogP contribution in [0.1, 0.15) is 18.4 Å². The molecule has 0 aromatic heterocycles. The molecule has 68 valence electrons. The summed E-state index contributed by atoms with van der Waals surface area (Å²) in [6.45, 7) is 2.65. The molecule has 1 unspecified atom stereocenters. The van der Waals surface area contributed by atoms with Crippen molar-refractivity contribution < 1.29 is 5.11 Å². The number of hydrogen-bond acceptors (Lipinski definition) is 2. The number of hydrogen-bond donors (Lipinski definition) is 2. The Kier molecular flexibility index (Phi) is 4.93. The third-order valence-electron chi connectivity index (χ3n) is 1.79. The molecule has 0 heterocycles. The van der Waals surface area contributed by atoms with Crippen molar-refractivity contribution >= 4 is 17.0 Å². The fourth-order valence-corrected chi connectivity index (χ4v) is 0.967. The Morgan fingerprint density at radius 1 is 1.50 bits per heavy atom. The molecule has 3 N–H and O–H groups in total. The van der Waals surface area contributed by atoms with Crippen LogP contribution in [0, 0.1) is 0 Å². The molecule has 2 nitrogen and oxygen atoms in total. The molecule has 0 bridgehead atoms. The van der Waals surface area contributed by atoms with Gasteiger partial charge in [0.25, 0.3) is 0 Å². The molecule has 0 aliphatic heterocycles. The molecule has 0 amide bonds. The summed E-state index contributed by atoms with van der Waals surface area (Å²) in [5, 5.41) is 9.12. The standard InChI is InChI=1S/C9H13NO.BrH/c1-7(6-10)8-3-2-4-9(11)5-8;/h2-5,7,11H,6,10H2,1H3;1H. The van der Waals surface area contributed by atoms with Crippen molar-refractivity contribution in [2.24, 2.45) is 5.73 Å². The van der Waals surface area contributed by atoms with Crippen LogP contribution in [0.3, 0.4) is 0 Å². The van der Waals surface area contributed by atoms with Crippen molar-refractivity contribution in [1.82, 2.24) is 0 Å². The lowest BCUT2D eigenvalue weighted by molar-refractivity contribution is 0.474. The van der Waals surface area contributed by atoms with Gasteiger partial charge in [-0.15, -0.1) is 17.0 Å². The van der Waals surface area contributed by atoms with E-state index in [1.807, 2.05) is 19.1 Å². The molecular weight excluding hydrogens is 218 g/mol. The molecule has 0 fully saturated rings. The Morgan fingerprint density at radius 3 is 2.67 bits per heavy atom. The van der Waals surface area contributed by atoms with Crippen LogP contribution in [0.2, 0.25) is 0 Å². The van der Waals surface area contributed by atoms with Crippen molar-refractivity contribution in [3.05, 3.63) is 29.8 Å². The van der Waals surface area contributed by atoms with E-state index in [-0.39, 0.29) is 17.0 Å². The third kappa shape index (κ3) is 2.83. The first kappa shape index (κ1) is 11.5. The average molecular weight is 232 g/mol. The number of nitrogens with two attached hydrogens (primary N) is 1. The van der Waals surface area contributed by atoms with Crippen LogP contribution in [-0.4, -0.2) is 11.7 Å². The normalized spacial score (nSPS) is 11.8. The number of halogens is 1. The van der Waals surface area contributed by atoms with Crippen molar-refractivity contribution in [1.29, 1.82) is 0 Å². The van der Waals surface area contributed by atoms with E-state index in [1.165, 1.54) is 0 Å². The first-order valence-electron chi connectivity index (χ1n) is 3.73. The van der Waals surface area contributed by atoms with Gasteiger partial charge in [-0.05, 0) is 30.2 Å². The topological polar surface area (TPSA) is 46.2 Å². The molecule has 1 aromatic carbocycles. The van der Waals surface area contributed by atoms with E-state index in [1.54, 1.807) is 12.1 Å². The summed E-state index contributed by atoms with van der Waals surface area (Å²) in [5.74, 6) is 0.630. The minimum Gasteiger partial charge on any atom is -0.508 e. The van der Waals surface area contributed by atoms with E-state index in [4.69, 9.17) is 10.8 Å². The summed E-state index contributed by atoms with van der Waals surface area (Å²) in [7, 11) is 0. The molecule has 0 saturated carbocycles. The zero-order valence-electron chi connectivity index (χ0n) is 7.03. The molecule has 0 radical (unpaired) electrons. The molecular formula is C9H14BrNO. The van der Waals surface area contributed by atoms with E-state index in [9.17, 15) is 0 Å². The van der Waals surface area contributed by atoms with Gasteiger partial charge in [-0.1, -0.05) is 19.1 Å². The van der Waals surface area contributed by atoms with Crippen molar-refractivity contribution in [3.63, 3.8) is 0 Å². The van der Waals surface area contributed by atoms with E-state index in [0.29, 0.717) is 18.2 Å². The maximum Gasteiger partial charge on any atom is 0.115 e. The highest BCUT2D eigenvalue weighted by Gasteiger charge is 2.02. The highest BCUT2D eigenvalue weighted by molar-refractivity contribution is 8.93. The quantitative estimate of drug-likeness (QED) is 0.819. The highest BCUT2D eigenvalue weighted by atomic mass is 79.9. The van der Waals surface area contributed by atoms with E-state index >= 15 is 0 Å². The lowest BCUT2D eigenvalue weighted by atomic mass is 10.0. The maximum absolute atomic E-state index is 9.12. The Bertz CT molecular complexity index is 240. The lowest BCUT2D eigenvalue weighted by Gasteiger charge is -2.07. The van der Waals surface area contributed by atoms with Gasteiger partial charge in [-0.25, -0.2) is 0 Å². The summed E-state index contributed by atoms with van der Waals surface area (Å²) in [6, 6.07) is 7.21. The zero-order valence-corrected chi connectivity index (χ0v) is 8.74. The van der Waals surface area contributed by atoms with Crippen LogP contribution in [-0.2, 0) is 0 Å². The van der Waals surface area contributed by atoms with Crippen LogP contribution in [0.15, 0.2) is 24.3 Å². The maximum atomic E-state index is 9.12. The molecule has 0 aliphatic carbocycles. The van der Waals surface area contributed by atoms with Crippen LogP contribution < -0.4 is 5.73 Å². The minimum absolute atomic E-state index is 0. The highest BCUT2D eigenvalue weighted by Crippen LogP contribution is 2.18. The van der Waals surface area contributed by atoms with Crippen LogP contribution in [0.4, 0.5) is 0 Å². The first-order chi connectivity index (χ1) is 5.24. The van der Waals surface area contributed by atoms with E-state index in [2.05, 4.69) is 0 Å². The number of benzene rings is 1. The summed E-state index contributed by atoms with van der Waals surface area (Å²) < 4.78 is 0. The summed E-state index contributed by atoms with van der Waals surface area (Å²) >= 11 is 0. The van der Waals surface area contributed by atoms with Gasteiger partial charge in [-0.2, -0.15) is 0 Å². The number of aromatic hydroxyl groups is 1. The molecule has 1 rings (SSSR count). The third-order valence-corrected chi connectivity index (χ3v) is 1.79. The second-order valence-electron chi connectivity index (χ2n) is 2.73. The Balaban J connectivity index is 0.00000121. The molecule has 0 saturated heterocycles. The van der Waals surface area contributed by atoms with Crippen molar-refractivity contribution in [2.75, 3.05) is 6.54 Å². The van der Waals surface area contributed by atoms with Crippen molar-refractivity contribution in [2.45, 2.75) is 12.8 Å². The number of phenols is 1. The molecule has 12 heavy (non-hydrogen) atoms. The van der Waals surface area contributed by atoms with Gasteiger partial charge >= 0.3 is 0 Å². The first-order valence-corrected chi connectivity index (χ1v) is 3.73. The van der Waals surface area contributed by atoms with Gasteiger partial charge in [0.15, 0.2) is 0 Å². The predicted octanol–water partition coefficient (Wildman–Crippen LogP) is 2.03. The van der Waals surface area contributed by atoms with Crippen LogP contribution in [0.5, 0.6) is 5.75 Å². The summed E-state index contributed by atoms with van der Waals surface area (Å²) in [4.78, 5) is 0. The smallest absolute Gasteiger partial charge is 0.115 e. The zero-order chi connectivity index (χ0) is 8.27. The van der Waals surface area contributed by atoms with Crippen molar-refractivity contribution in [3.8, 4) is 5.75 Å². The Labute approximate surface area is 83.2 Å². The Hall–Kier alpha value is -0.540. The lowest BCUT2D eigenvalue weighted by Crippen LogP contribution is -2.08. The monoisotopic (exact) mass is 231 g/mol. The molecule has 1 atom stereocenters. The second-order valence-corrected chi connectivity index (χ2v) is 2.73. The number of phenolic OH excluding ortho intramolecular Hbond substituents is 1. The van der Waals surface area contributed by atoms with Crippen LogP contribution >= 0.6 is 17.0 Å². The van der Waals surface area contributed by atoms with Gasteiger partial charge in [0.2, 0.25) is 0 Å². The predicted molar refractivity (Wildman–Crippen MR) is 55.9 cm³/mol. The van der Waals surface area contributed by atoms with Gasteiger partial charge in [-0.3, -0.25) is 0 Å². The van der Waals surface area contributed by atoms with Gasteiger partial charge < -0.3 is 10.8 Å². The summed E-state index contributed by atoms with van der Waals surface area (Å²) in [6.07, 6.45) is 0. The van der Waals surface area contributed by atoms with Gasteiger partial charge in [0.1, 0.15) is 5.75 Å². The van der Waals surface area contributed by atoms with Gasteiger partial charge in [0.05, 0.1) is 0 Å². The molecule has 1 aromatic rings. The van der Waals surface area contributed by atoms with Crippen LogP contribution in [0.25, 0.3) is 0 Å². The second kappa shape index (κ2) is 5.17. The van der Waals surface area contributed by atoms with E-state index < -0.39 is 0 Å². The SMILES string of the molecule is Br.CC(CN)c1cccc(O)c1.